The molecule has 0 aliphatic carbocycles. The number of esters is 2. The molecule has 0 atom stereocenters. The predicted molar refractivity (Wildman–Crippen MR) is 74.2 cm³/mol. The third-order valence-electron chi connectivity index (χ3n) is 2.50. The van der Waals surface area contributed by atoms with Crippen LogP contribution in [0.2, 0.25) is 0 Å². The number of aryl methyl sites for hydroxylation is 1. The van der Waals surface area contributed by atoms with Crippen molar-refractivity contribution in [2.45, 2.75) is 13.8 Å². The average Bonchev–Trinajstić information content (AvgIpc) is 2.81. The summed E-state index contributed by atoms with van der Waals surface area (Å²) in [5.41, 5.74) is 1.35. The van der Waals surface area contributed by atoms with Gasteiger partial charge in [-0.2, -0.15) is 0 Å². The van der Waals surface area contributed by atoms with Gasteiger partial charge in [0.25, 0.3) is 0 Å². The van der Waals surface area contributed by atoms with Gasteiger partial charge in [-0.15, -0.1) is 11.3 Å². The maximum absolute atomic E-state index is 11.9. The van der Waals surface area contributed by atoms with Gasteiger partial charge in [0, 0.05) is 12.4 Å². The van der Waals surface area contributed by atoms with E-state index in [4.69, 9.17) is 9.47 Å². The summed E-state index contributed by atoms with van der Waals surface area (Å²) in [7, 11) is 0. The fraction of sp³-hybridized carbons (Fsp3) is 0.214. The van der Waals surface area contributed by atoms with Gasteiger partial charge in [-0.1, -0.05) is 0 Å². The number of thiophene rings is 1. The second-order valence-corrected chi connectivity index (χ2v) is 4.78. The molecule has 0 saturated heterocycles. The lowest BCUT2D eigenvalue weighted by Crippen LogP contribution is -2.12. The molecular formula is C14H13NO4S. The van der Waals surface area contributed by atoms with E-state index in [0.717, 1.165) is 5.56 Å². The Morgan fingerprint density at radius 2 is 2.15 bits per heavy atom. The van der Waals surface area contributed by atoms with Crippen molar-refractivity contribution >= 4 is 23.3 Å². The molecule has 2 aromatic heterocycles. The van der Waals surface area contributed by atoms with Gasteiger partial charge in [-0.3, -0.25) is 4.98 Å². The largest absolute Gasteiger partial charge is 0.462 e. The molecule has 2 heterocycles. The molecule has 2 aromatic rings. The maximum atomic E-state index is 11.9. The topological polar surface area (TPSA) is 65.5 Å². The molecule has 0 spiro atoms. The third-order valence-corrected chi connectivity index (χ3v) is 3.48. The fourth-order valence-electron chi connectivity index (χ4n) is 1.57. The van der Waals surface area contributed by atoms with Gasteiger partial charge in [0.2, 0.25) is 0 Å². The van der Waals surface area contributed by atoms with Gasteiger partial charge in [-0.05, 0) is 36.9 Å². The van der Waals surface area contributed by atoms with Crippen LogP contribution >= 0.6 is 11.3 Å². The lowest BCUT2D eigenvalue weighted by Gasteiger charge is -2.06. The van der Waals surface area contributed by atoms with Crippen LogP contribution in [0.5, 0.6) is 5.06 Å². The zero-order chi connectivity index (χ0) is 14.5. The summed E-state index contributed by atoms with van der Waals surface area (Å²) < 4.78 is 10.2. The first-order valence-electron chi connectivity index (χ1n) is 6.01. The Morgan fingerprint density at radius 3 is 2.80 bits per heavy atom. The molecule has 104 valence electrons. The fourth-order valence-corrected chi connectivity index (χ4v) is 2.46. The Labute approximate surface area is 120 Å². The third kappa shape index (κ3) is 3.03. The number of aromatic nitrogens is 1. The van der Waals surface area contributed by atoms with Crippen LogP contribution in [0.1, 0.15) is 33.2 Å². The summed E-state index contributed by atoms with van der Waals surface area (Å²) in [6.07, 6.45) is 2.98. The number of pyridine rings is 1. The summed E-state index contributed by atoms with van der Waals surface area (Å²) in [4.78, 5) is 27.6. The van der Waals surface area contributed by atoms with E-state index in [0.29, 0.717) is 11.1 Å². The van der Waals surface area contributed by atoms with Crippen LogP contribution in [0.3, 0.4) is 0 Å². The second kappa shape index (κ2) is 6.29. The smallest absolute Gasteiger partial charge is 0.345 e. The molecule has 20 heavy (non-hydrogen) atoms. The molecule has 0 N–H and O–H groups in total. The second-order valence-electron chi connectivity index (χ2n) is 3.93. The van der Waals surface area contributed by atoms with Crippen LogP contribution in [0.15, 0.2) is 29.9 Å². The summed E-state index contributed by atoms with van der Waals surface area (Å²) in [6, 6.07) is 3.24. The SMILES string of the molecule is CCOC(=O)c1c(C)csc1OC(=O)c1cccnc1. The highest BCUT2D eigenvalue weighted by Crippen LogP contribution is 2.31. The van der Waals surface area contributed by atoms with Gasteiger partial charge < -0.3 is 9.47 Å². The molecule has 6 heteroatoms. The highest BCUT2D eigenvalue weighted by atomic mass is 32.1. The van der Waals surface area contributed by atoms with Crippen LogP contribution in [0.4, 0.5) is 0 Å². The van der Waals surface area contributed by atoms with E-state index in [1.807, 2.05) is 0 Å². The number of rotatable bonds is 4. The maximum Gasteiger partial charge on any atom is 0.345 e. The van der Waals surface area contributed by atoms with Crippen molar-refractivity contribution in [3.63, 3.8) is 0 Å². The number of ether oxygens (including phenoxy) is 2. The molecule has 0 fully saturated rings. The lowest BCUT2D eigenvalue weighted by atomic mass is 10.2. The Morgan fingerprint density at radius 1 is 1.35 bits per heavy atom. The van der Waals surface area contributed by atoms with Crippen molar-refractivity contribution in [2.75, 3.05) is 6.61 Å². The van der Waals surface area contributed by atoms with E-state index in [2.05, 4.69) is 4.98 Å². The molecular weight excluding hydrogens is 278 g/mol. The monoisotopic (exact) mass is 291 g/mol. The van der Waals surface area contributed by atoms with E-state index >= 15 is 0 Å². The van der Waals surface area contributed by atoms with E-state index in [1.165, 1.54) is 17.5 Å². The zero-order valence-electron chi connectivity index (χ0n) is 11.1. The number of carbonyl (C=O) groups is 2. The Kier molecular flexibility index (Phi) is 4.47. The number of carbonyl (C=O) groups excluding carboxylic acids is 2. The standard InChI is InChI=1S/C14H13NO4S/c1-3-18-13(17)11-9(2)8-20-14(11)19-12(16)10-5-4-6-15-7-10/h4-8H,3H2,1-2H3. The lowest BCUT2D eigenvalue weighted by molar-refractivity contribution is 0.0521. The van der Waals surface area contributed by atoms with E-state index in [1.54, 1.807) is 37.6 Å². The van der Waals surface area contributed by atoms with Crippen LogP contribution < -0.4 is 4.74 Å². The number of hydrogen-bond donors (Lipinski definition) is 0. The van der Waals surface area contributed by atoms with Gasteiger partial charge in [-0.25, -0.2) is 9.59 Å². The summed E-state index contributed by atoms with van der Waals surface area (Å²) in [6.45, 7) is 3.76. The molecule has 2 rings (SSSR count). The molecule has 5 nitrogen and oxygen atoms in total. The minimum Gasteiger partial charge on any atom is -0.462 e. The van der Waals surface area contributed by atoms with E-state index in [-0.39, 0.29) is 11.7 Å². The molecule has 0 aliphatic rings. The summed E-state index contributed by atoms with van der Waals surface area (Å²) >= 11 is 1.19. The quantitative estimate of drug-likeness (QED) is 0.810. The number of hydrogen-bond acceptors (Lipinski definition) is 6. The van der Waals surface area contributed by atoms with Crippen molar-refractivity contribution in [1.29, 1.82) is 0 Å². The first-order valence-corrected chi connectivity index (χ1v) is 6.88. The summed E-state index contributed by atoms with van der Waals surface area (Å²) in [5, 5.41) is 1.99. The Bertz CT molecular complexity index is 621. The predicted octanol–water partition coefficient (Wildman–Crippen LogP) is 2.85. The highest BCUT2D eigenvalue weighted by molar-refractivity contribution is 7.12. The van der Waals surface area contributed by atoms with Crippen molar-refractivity contribution in [2.24, 2.45) is 0 Å². The highest BCUT2D eigenvalue weighted by Gasteiger charge is 2.22. The van der Waals surface area contributed by atoms with Gasteiger partial charge >= 0.3 is 11.9 Å². The van der Waals surface area contributed by atoms with Crippen molar-refractivity contribution in [3.8, 4) is 5.06 Å². The molecule has 0 amide bonds. The van der Waals surface area contributed by atoms with E-state index in [9.17, 15) is 9.59 Å². The van der Waals surface area contributed by atoms with Crippen molar-refractivity contribution in [1.82, 2.24) is 4.98 Å². The molecule has 0 aromatic carbocycles. The first kappa shape index (κ1) is 14.2. The van der Waals surface area contributed by atoms with Crippen LogP contribution in [-0.4, -0.2) is 23.5 Å². The van der Waals surface area contributed by atoms with Crippen molar-refractivity contribution < 1.29 is 19.1 Å². The molecule has 0 radical (unpaired) electrons. The molecule has 0 bridgehead atoms. The van der Waals surface area contributed by atoms with Crippen LogP contribution in [-0.2, 0) is 4.74 Å². The van der Waals surface area contributed by atoms with Gasteiger partial charge in [0.1, 0.15) is 5.56 Å². The first-order chi connectivity index (χ1) is 9.63. The summed E-state index contributed by atoms with van der Waals surface area (Å²) in [5.74, 6) is -1.04. The molecule has 0 unspecified atom stereocenters. The van der Waals surface area contributed by atoms with E-state index < -0.39 is 11.9 Å². The Hall–Kier alpha value is -2.21. The van der Waals surface area contributed by atoms with Gasteiger partial charge in [0.05, 0.1) is 12.2 Å². The minimum absolute atomic E-state index is 0.245. The zero-order valence-corrected chi connectivity index (χ0v) is 11.9. The minimum atomic E-state index is -0.550. The normalized spacial score (nSPS) is 10.1. The Balaban J connectivity index is 2.22. The molecule has 0 aliphatic heterocycles. The van der Waals surface area contributed by atoms with Crippen LogP contribution in [0, 0.1) is 6.92 Å². The average molecular weight is 291 g/mol. The van der Waals surface area contributed by atoms with Crippen LogP contribution in [0.25, 0.3) is 0 Å². The number of nitrogens with zero attached hydrogens (tertiary/aromatic N) is 1. The van der Waals surface area contributed by atoms with Gasteiger partial charge in [0.15, 0.2) is 5.06 Å². The van der Waals surface area contributed by atoms with Crippen molar-refractivity contribution in [3.05, 3.63) is 46.6 Å². The molecule has 0 saturated carbocycles.